The highest BCUT2D eigenvalue weighted by molar-refractivity contribution is 7.98. The van der Waals surface area contributed by atoms with Crippen molar-refractivity contribution < 1.29 is 9.90 Å². The maximum atomic E-state index is 11.0. The summed E-state index contributed by atoms with van der Waals surface area (Å²) in [6.45, 7) is 2.96. The van der Waals surface area contributed by atoms with E-state index in [9.17, 15) is 4.79 Å². The molecule has 0 saturated heterocycles. The second-order valence-corrected chi connectivity index (χ2v) is 7.35. The number of carboxylic acid groups (broad SMARTS) is 1. The second kappa shape index (κ2) is 6.19. The highest BCUT2D eigenvalue weighted by Gasteiger charge is 2.16. The average molecular weight is 323 g/mol. The van der Waals surface area contributed by atoms with Gasteiger partial charge >= 0.3 is 5.97 Å². The maximum absolute atomic E-state index is 11.0. The smallest absolute Gasteiger partial charge is 0.345 e. The summed E-state index contributed by atoms with van der Waals surface area (Å²) in [6, 6.07) is 1.77. The van der Waals surface area contributed by atoms with E-state index in [1.807, 2.05) is 6.92 Å². The molecule has 0 aromatic carbocycles. The van der Waals surface area contributed by atoms with E-state index < -0.39 is 5.97 Å². The molecule has 2 aromatic rings. The quantitative estimate of drug-likeness (QED) is 0.874. The summed E-state index contributed by atoms with van der Waals surface area (Å²) < 4.78 is 2.22. The van der Waals surface area contributed by atoms with Crippen LogP contribution in [0, 0.1) is 6.92 Å². The third-order valence-electron chi connectivity index (χ3n) is 3.66. The lowest BCUT2D eigenvalue weighted by Gasteiger charge is -2.06. The number of hydrogen-bond donors (Lipinski definition) is 1. The largest absolute Gasteiger partial charge is 0.477 e. The Morgan fingerprint density at radius 3 is 3.05 bits per heavy atom. The van der Waals surface area contributed by atoms with Gasteiger partial charge in [0.25, 0.3) is 0 Å². The van der Waals surface area contributed by atoms with Crippen molar-refractivity contribution in [3.05, 3.63) is 27.2 Å². The van der Waals surface area contributed by atoms with Gasteiger partial charge in [0.15, 0.2) is 5.16 Å². The first-order valence-electron chi connectivity index (χ1n) is 7.02. The molecule has 0 amide bonds. The van der Waals surface area contributed by atoms with Gasteiger partial charge in [-0.15, -0.1) is 21.5 Å². The van der Waals surface area contributed by atoms with Gasteiger partial charge < -0.3 is 9.67 Å². The molecule has 3 heterocycles. The van der Waals surface area contributed by atoms with Crippen molar-refractivity contribution in [2.24, 2.45) is 0 Å². The summed E-state index contributed by atoms with van der Waals surface area (Å²) >= 11 is 2.98. The van der Waals surface area contributed by atoms with Gasteiger partial charge in [-0.3, -0.25) is 0 Å². The fourth-order valence-electron chi connectivity index (χ4n) is 2.48. The molecule has 3 rings (SSSR count). The van der Waals surface area contributed by atoms with Crippen LogP contribution in [0.2, 0.25) is 0 Å². The van der Waals surface area contributed by atoms with E-state index in [2.05, 4.69) is 14.8 Å². The molecule has 7 heteroatoms. The Kier molecular flexibility index (Phi) is 4.30. The van der Waals surface area contributed by atoms with E-state index >= 15 is 0 Å². The van der Waals surface area contributed by atoms with E-state index in [0.29, 0.717) is 4.88 Å². The normalized spacial score (nSPS) is 14.7. The first kappa shape index (κ1) is 14.6. The van der Waals surface area contributed by atoms with Crippen LogP contribution in [-0.2, 0) is 18.7 Å². The van der Waals surface area contributed by atoms with Crippen LogP contribution in [-0.4, -0.2) is 25.8 Å². The van der Waals surface area contributed by atoms with Crippen LogP contribution in [0.3, 0.4) is 0 Å². The Balaban J connectivity index is 1.73. The lowest BCUT2D eigenvalue weighted by molar-refractivity contribution is 0.0702. The predicted octanol–water partition coefficient (Wildman–Crippen LogP) is 3.36. The number of thioether (sulfide) groups is 1. The molecule has 112 valence electrons. The Morgan fingerprint density at radius 1 is 1.43 bits per heavy atom. The van der Waals surface area contributed by atoms with Gasteiger partial charge in [0.05, 0.1) is 0 Å². The SMILES string of the molecule is Cc1sc(C(=O)O)cc1CSc1nnc2n1CCCCC2. The number of fused-ring (bicyclic) bond motifs is 1. The van der Waals surface area contributed by atoms with Crippen LogP contribution >= 0.6 is 23.1 Å². The topological polar surface area (TPSA) is 68.0 Å². The Morgan fingerprint density at radius 2 is 2.29 bits per heavy atom. The van der Waals surface area contributed by atoms with Crippen LogP contribution in [0.15, 0.2) is 11.2 Å². The third kappa shape index (κ3) is 3.13. The van der Waals surface area contributed by atoms with Gasteiger partial charge in [-0.1, -0.05) is 18.2 Å². The number of hydrogen-bond acceptors (Lipinski definition) is 5. The molecule has 1 aliphatic heterocycles. The molecular formula is C14H17N3O2S2. The van der Waals surface area contributed by atoms with Crippen molar-refractivity contribution in [2.45, 2.75) is 50.1 Å². The summed E-state index contributed by atoms with van der Waals surface area (Å²) in [5.74, 6) is 0.979. The van der Waals surface area contributed by atoms with E-state index in [0.717, 1.165) is 40.1 Å². The lowest BCUT2D eigenvalue weighted by atomic mass is 10.2. The zero-order valence-electron chi connectivity index (χ0n) is 11.8. The number of nitrogens with zero attached hydrogens (tertiary/aromatic N) is 3. The first-order chi connectivity index (χ1) is 10.1. The van der Waals surface area contributed by atoms with Crippen LogP contribution < -0.4 is 0 Å². The van der Waals surface area contributed by atoms with Gasteiger partial charge in [0.2, 0.25) is 0 Å². The highest BCUT2D eigenvalue weighted by atomic mass is 32.2. The molecule has 0 unspecified atom stereocenters. The number of carbonyl (C=O) groups is 1. The van der Waals surface area contributed by atoms with Gasteiger partial charge in [-0.2, -0.15) is 0 Å². The molecule has 5 nitrogen and oxygen atoms in total. The zero-order valence-corrected chi connectivity index (χ0v) is 13.5. The van der Waals surface area contributed by atoms with Gasteiger partial charge in [-0.25, -0.2) is 4.79 Å². The number of thiophene rings is 1. The number of carboxylic acids is 1. The van der Waals surface area contributed by atoms with Gasteiger partial charge in [0, 0.05) is 23.6 Å². The van der Waals surface area contributed by atoms with Crippen LogP contribution in [0.4, 0.5) is 0 Å². The summed E-state index contributed by atoms with van der Waals surface area (Å²) in [7, 11) is 0. The van der Waals surface area contributed by atoms with E-state index in [1.165, 1.54) is 30.6 Å². The summed E-state index contributed by atoms with van der Waals surface area (Å²) in [5.41, 5.74) is 1.08. The minimum atomic E-state index is -0.851. The van der Waals surface area contributed by atoms with Crippen molar-refractivity contribution in [1.29, 1.82) is 0 Å². The molecule has 0 bridgehead atoms. The highest BCUT2D eigenvalue weighted by Crippen LogP contribution is 2.29. The molecule has 1 aliphatic rings. The van der Waals surface area contributed by atoms with Crippen LogP contribution in [0.1, 0.15) is 45.2 Å². The lowest BCUT2D eigenvalue weighted by Crippen LogP contribution is -2.02. The summed E-state index contributed by atoms with van der Waals surface area (Å²) in [4.78, 5) is 12.5. The molecule has 0 radical (unpaired) electrons. The minimum absolute atomic E-state index is 0.406. The molecule has 0 saturated carbocycles. The van der Waals surface area contributed by atoms with Crippen molar-refractivity contribution in [2.75, 3.05) is 0 Å². The first-order valence-corrected chi connectivity index (χ1v) is 8.83. The van der Waals surface area contributed by atoms with Crippen LogP contribution in [0.25, 0.3) is 0 Å². The summed E-state index contributed by atoms with van der Waals surface area (Å²) in [5, 5.41) is 18.6. The van der Waals surface area contributed by atoms with Crippen molar-refractivity contribution in [3.8, 4) is 0 Å². The molecule has 0 aliphatic carbocycles. The van der Waals surface area contributed by atoms with E-state index in [-0.39, 0.29) is 0 Å². The average Bonchev–Trinajstić information content (AvgIpc) is 2.92. The van der Waals surface area contributed by atoms with Crippen molar-refractivity contribution in [1.82, 2.24) is 14.8 Å². The van der Waals surface area contributed by atoms with Crippen molar-refractivity contribution in [3.63, 3.8) is 0 Å². The van der Waals surface area contributed by atoms with Crippen LogP contribution in [0.5, 0.6) is 0 Å². The summed E-state index contributed by atoms with van der Waals surface area (Å²) in [6.07, 6.45) is 4.63. The zero-order chi connectivity index (χ0) is 14.8. The molecule has 1 N–H and O–H groups in total. The van der Waals surface area contributed by atoms with Gasteiger partial charge in [0.1, 0.15) is 10.7 Å². The number of aryl methyl sites for hydroxylation is 2. The molecular weight excluding hydrogens is 306 g/mol. The molecule has 0 fully saturated rings. The maximum Gasteiger partial charge on any atom is 0.345 e. The molecule has 0 atom stereocenters. The third-order valence-corrected chi connectivity index (χ3v) is 5.76. The molecule has 2 aromatic heterocycles. The predicted molar refractivity (Wildman–Crippen MR) is 83.2 cm³/mol. The van der Waals surface area contributed by atoms with Crippen molar-refractivity contribution >= 4 is 29.1 Å². The Labute approximate surface area is 131 Å². The Bertz CT molecular complexity index is 663. The molecule has 0 spiro atoms. The Hall–Kier alpha value is -1.34. The fraction of sp³-hybridized carbons (Fsp3) is 0.500. The van der Waals surface area contributed by atoms with E-state index in [1.54, 1.807) is 17.8 Å². The van der Waals surface area contributed by atoms with Gasteiger partial charge in [-0.05, 0) is 31.4 Å². The number of aromatic nitrogens is 3. The standard InChI is InChI=1S/C14H17N3O2S2/c1-9-10(7-11(21-9)13(18)19)8-20-14-16-15-12-5-3-2-4-6-17(12)14/h7H,2-6,8H2,1H3,(H,18,19). The second-order valence-electron chi connectivity index (χ2n) is 5.15. The van der Waals surface area contributed by atoms with E-state index in [4.69, 9.17) is 5.11 Å². The number of aromatic carboxylic acids is 1. The number of rotatable bonds is 4. The fourth-order valence-corrected chi connectivity index (χ4v) is 4.48. The molecule has 21 heavy (non-hydrogen) atoms. The minimum Gasteiger partial charge on any atom is -0.477 e. The monoisotopic (exact) mass is 323 g/mol.